The van der Waals surface area contributed by atoms with E-state index in [0.29, 0.717) is 25.3 Å². The number of nitrogens with zero attached hydrogens (tertiary/aromatic N) is 1. The topological polar surface area (TPSA) is 58.6 Å². The van der Waals surface area contributed by atoms with E-state index in [1.54, 1.807) is 4.90 Å². The Balaban J connectivity index is 2.18. The monoisotopic (exact) mass is 382 g/mol. The van der Waals surface area contributed by atoms with Crippen molar-refractivity contribution in [3.05, 3.63) is 65.2 Å². The van der Waals surface area contributed by atoms with Crippen molar-refractivity contribution in [2.45, 2.75) is 46.7 Å². The number of carbonyl (C=O) groups is 2. The lowest BCUT2D eigenvalue weighted by molar-refractivity contribution is -0.142. The number of carbonyl (C=O) groups excluding carboxylic acids is 2. The van der Waals surface area contributed by atoms with E-state index in [9.17, 15) is 9.59 Å². The summed E-state index contributed by atoms with van der Waals surface area (Å²) in [6.07, 6.45) is 0.536. The Morgan fingerprint density at radius 3 is 2.36 bits per heavy atom. The zero-order valence-corrected chi connectivity index (χ0v) is 17.2. The van der Waals surface area contributed by atoms with Crippen LogP contribution in [-0.4, -0.2) is 35.9 Å². The van der Waals surface area contributed by atoms with Gasteiger partial charge in [0.15, 0.2) is 6.61 Å². The van der Waals surface area contributed by atoms with Gasteiger partial charge in [-0.05, 0) is 44.9 Å². The molecule has 0 bridgehead atoms. The Bertz CT molecular complexity index is 787. The maximum Gasteiger partial charge on any atom is 0.261 e. The molecule has 0 aromatic heterocycles. The molecule has 2 rings (SSSR count). The van der Waals surface area contributed by atoms with E-state index in [1.165, 1.54) is 0 Å². The van der Waals surface area contributed by atoms with Gasteiger partial charge < -0.3 is 15.0 Å². The minimum absolute atomic E-state index is 0.106. The van der Waals surface area contributed by atoms with Crippen molar-refractivity contribution in [1.29, 1.82) is 0 Å². The van der Waals surface area contributed by atoms with Crippen LogP contribution >= 0.6 is 0 Å². The number of hydrogen-bond donors (Lipinski definition) is 1. The third-order valence-corrected chi connectivity index (χ3v) is 4.56. The number of hydrogen-bond acceptors (Lipinski definition) is 3. The molecule has 0 fully saturated rings. The molecule has 0 aliphatic rings. The summed E-state index contributed by atoms with van der Waals surface area (Å²) in [6.45, 7) is 8.59. The zero-order chi connectivity index (χ0) is 20.5. The van der Waals surface area contributed by atoms with Gasteiger partial charge in [0.25, 0.3) is 5.91 Å². The van der Waals surface area contributed by atoms with E-state index in [0.717, 1.165) is 16.7 Å². The Hall–Kier alpha value is -2.82. The van der Waals surface area contributed by atoms with Crippen molar-refractivity contribution in [3.63, 3.8) is 0 Å². The molecule has 150 valence electrons. The Labute approximate surface area is 167 Å². The summed E-state index contributed by atoms with van der Waals surface area (Å²) in [5.74, 6) is 0.294. The number of likely N-dealkylation sites (N-methyl/N-ethyl adjacent to an activating group) is 1. The number of ether oxygens (including phenoxy) is 1. The fourth-order valence-electron chi connectivity index (χ4n) is 3.08. The van der Waals surface area contributed by atoms with Gasteiger partial charge in [0.05, 0.1) is 0 Å². The Morgan fingerprint density at radius 1 is 1.04 bits per heavy atom. The normalized spacial score (nSPS) is 11.6. The van der Waals surface area contributed by atoms with Crippen molar-refractivity contribution < 1.29 is 14.3 Å². The van der Waals surface area contributed by atoms with Gasteiger partial charge in [0.1, 0.15) is 11.8 Å². The van der Waals surface area contributed by atoms with Crippen LogP contribution in [0, 0.1) is 13.8 Å². The van der Waals surface area contributed by atoms with Crippen LogP contribution < -0.4 is 10.1 Å². The number of nitrogens with one attached hydrogen (secondary N) is 1. The van der Waals surface area contributed by atoms with Gasteiger partial charge in [0, 0.05) is 13.1 Å². The number of rotatable bonds is 9. The van der Waals surface area contributed by atoms with Crippen LogP contribution in [-0.2, 0) is 16.1 Å². The van der Waals surface area contributed by atoms with Crippen LogP contribution in [0.2, 0.25) is 0 Å². The molecule has 1 atom stereocenters. The van der Waals surface area contributed by atoms with Gasteiger partial charge in [-0.2, -0.15) is 0 Å². The molecular weight excluding hydrogens is 352 g/mol. The Kier molecular flexibility index (Phi) is 8.05. The van der Waals surface area contributed by atoms with Crippen LogP contribution in [0.1, 0.15) is 37.0 Å². The smallest absolute Gasteiger partial charge is 0.261 e. The van der Waals surface area contributed by atoms with Gasteiger partial charge >= 0.3 is 0 Å². The molecule has 0 radical (unpaired) electrons. The van der Waals surface area contributed by atoms with Crippen LogP contribution in [0.3, 0.4) is 0 Å². The summed E-state index contributed by atoms with van der Waals surface area (Å²) in [7, 11) is 0. The molecular formula is C23H30N2O3. The summed E-state index contributed by atoms with van der Waals surface area (Å²) in [6, 6.07) is 15.0. The summed E-state index contributed by atoms with van der Waals surface area (Å²) >= 11 is 0. The predicted octanol–water partition coefficient (Wildman–Crippen LogP) is 3.63. The molecule has 0 saturated carbocycles. The second-order valence-electron chi connectivity index (χ2n) is 6.93. The fraction of sp³-hybridized carbons (Fsp3) is 0.391. The van der Waals surface area contributed by atoms with Crippen molar-refractivity contribution in [2.24, 2.45) is 0 Å². The highest BCUT2D eigenvalue weighted by Crippen LogP contribution is 2.16. The van der Waals surface area contributed by atoms with Crippen LogP contribution in [0.25, 0.3) is 0 Å². The molecule has 28 heavy (non-hydrogen) atoms. The quantitative estimate of drug-likeness (QED) is 0.721. The molecule has 0 aliphatic heterocycles. The second-order valence-corrected chi connectivity index (χ2v) is 6.93. The standard InChI is InChI=1S/C23H30N2O3/c1-5-21(23(27)24-6-2)25(15-19-9-7-8-18(4)14-19)22(26)16-28-20-12-10-17(3)11-13-20/h7-14,21H,5-6,15-16H2,1-4H3,(H,24,27)/t21-/m1/s1. The van der Waals surface area contributed by atoms with E-state index in [2.05, 4.69) is 5.32 Å². The molecule has 1 N–H and O–H groups in total. The van der Waals surface area contributed by atoms with Crippen molar-refractivity contribution in [3.8, 4) is 5.75 Å². The molecule has 0 saturated heterocycles. The first-order valence-corrected chi connectivity index (χ1v) is 9.76. The molecule has 5 nitrogen and oxygen atoms in total. The molecule has 0 unspecified atom stereocenters. The average Bonchev–Trinajstić information content (AvgIpc) is 2.67. The van der Waals surface area contributed by atoms with Crippen molar-refractivity contribution in [2.75, 3.05) is 13.2 Å². The lowest BCUT2D eigenvalue weighted by atomic mass is 10.1. The molecule has 2 aromatic carbocycles. The molecule has 0 aliphatic carbocycles. The van der Waals surface area contributed by atoms with Crippen molar-refractivity contribution in [1.82, 2.24) is 10.2 Å². The largest absolute Gasteiger partial charge is 0.484 e. The number of amides is 2. The fourth-order valence-corrected chi connectivity index (χ4v) is 3.08. The van der Waals surface area contributed by atoms with Gasteiger partial charge in [0.2, 0.25) is 5.91 Å². The van der Waals surface area contributed by atoms with E-state index >= 15 is 0 Å². The molecule has 2 amide bonds. The highest BCUT2D eigenvalue weighted by atomic mass is 16.5. The molecule has 5 heteroatoms. The third kappa shape index (κ3) is 6.12. The first-order valence-electron chi connectivity index (χ1n) is 9.76. The first kappa shape index (κ1) is 21.5. The van der Waals surface area contributed by atoms with E-state index in [1.807, 2.05) is 76.2 Å². The molecule has 2 aromatic rings. The van der Waals surface area contributed by atoms with E-state index in [-0.39, 0.29) is 18.4 Å². The lowest BCUT2D eigenvalue weighted by Gasteiger charge is -2.30. The summed E-state index contributed by atoms with van der Waals surface area (Å²) in [5.41, 5.74) is 3.24. The summed E-state index contributed by atoms with van der Waals surface area (Å²) in [4.78, 5) is 27.2. The third-order valence-electron chi connectivity index (χ3n) is 4.56. The minimum atomic E-state index is -0.533. The first-order chi connectivity index (χ1) is 13.4. The summed E-state index contributed by atoms with van der Waals surface area (Å²) in [5, 5.41) is 2.84. The van der Waals surface area contributed by atoms with Gasteiger partial charge in [-0.25, -0.2) is 0 Å². The van der Waals surface area contributed by atoms with Crippen LogP contribution in [0.5, 0.6) is 5.75 Å². The maximum absolute atomic E-state index is 13.0. The lowest BCUT2D eigenvalue weighted by Crippen LogP contribution is -2.50. The van der Waals surface area contributed by atoms with Crippen molar-refractivity contribution >= 4 is 11.8 Å². The average molecular weight is 383 g/mol. The van der Waals surface area contributed by atoms with Gasteiger partial charge in [-0.1, -0.05) is 54.4 Å². The van der Waals surface area contributed by atoms with E-state index < -0.39 is 6.04 Å². The SMILES string of the molecule is CCNC(=O)[C@@H](CC)N(Cc1cccc(C)c1)C(=O)COc1ccc(C)cc1. The number of aryl methyl sites for hydroxylation is 2. The second kappa shape index (κ2) is 10.5. The van der Waals surface area contributed by atoms with Crippen LogP contribution in [0.4, 0.5) is 0 Å². The zero-order valence-electron chi connectivity index (χ0n) is 17.2. The Morgan fingerprint density at radius 2 is 1.75 bits per heavy atom. The van der Waals surface area contributed by atoms with E-state index in [4.69, 9.17) is 4.74 Å². The predicted molar refractivity (Wildman–Crippen MR) is 111 cm³/mol. The maximum atomic E-state index is 13.0. The number of benzene rings is 2. The van der Waals surface area contributed by atoms with Gasteiger partial charge in [-0.3, -0.25) is 9.59 Å². The highest BCUT2D eigenvalue weighted by molar-refractivity contribution is 5.88. The minimum Gasteiger partial charge on any atom is -0.484 e. The molecule has 0 heterocycles. The molecule has 0 spiro atoms. The highest BCUT2D eigenvalue weighted by Gasteiger charge is 2.28. The van der Waals surface area contributed by atoms with Crippen LogP contribution in [0.15, 0.2) is 48.5 Å². The summed E-state index contributed by atoms with van der Waals surface area (Å²) < 4.78 is 5.68. The van der Waals surface area contributed by atoms with Gasteiger partial charge in [-0.15, -0.1) is 0 Å².